The number of piperidine rings is 1. The van der Waals surface area contributed by atoms with E-state index in [-0.39, 0.29) is 0 Å². The molecule has 12 heavy (non-hydrogen) atoms. The van der Waals surface area contributed by atoms with Crippen LogP contribution in [0.3, 0.4) is 0 Å². The van der Waals surface area contributed by atoms with Crippen LogP contribution in [0.4, 0.5) is 0 Å². The van der Waals surface area contributed by atoms with E-state index in [0.717, 1.165) is 12.0 Å². The Labute approximate surface area is 74.9 Å². The van der Waals surface area contributed by atoms with Crippen molar-refractivity contribution in [1.82, 2.24) is 4.90 Å². The van der Waals surface area contributed by atoms with Gasteiger partial charge in [0.15, 0.2) is 0 Å². The van der Waals surface area contributed by atoms with E-state index in [4.69, 9.17) is 4.74 Å². The topological polar surface area (TPSA) is 12.5 Å². The third-order valence-electron chi connectivity index (χ3n) is 3.20. The molecule has 0 spiro atoms. The average Bonchev–Trinajstić information content (AvgIpc) is 2.44. The van der Waals surface area contributed by atoms with Gasteiger partial charge in [0.25, 0.3) is 0 Å². The average molecular weight is 169 g/mol. The van der Waals surface area contributed by atoms with Crippen LogP contribution in [0.25, 0.3) is 0 Å². The summed E-state index contributed by atoms with van der Waals surface area (Å²) < 4.78 is 5.87. The van der Waals surface area contributed by atoms with Crippen molar-refractivity contribution in [2.24, 2.45) is 5.92 Å². The highest BCUT2D eigenvalue weighted by Crippen LogP contribution is 2.38. The quantitative estimate of drug-likeness (QED) is 0.621. The van der Waals surface area contributed by atoms with Crippen LogP contribution in [0, 0.1) is 5.92 Å². The van der Waals surface area contributed by atoms with E-state index in [1.165, 1.54) is 19.4 Å². The smallest absolute Gasteiger partial charge is 0.0634 e. The Morgan fingerprint density at radius 1 is 1.33 bits per heavy atom. The Hall–Kier alpha value is -0.0800. The molecule has 2 fully saturated rings. The summed E-state index contributed by atoms with van der Waals surface area (Å²) in [6.45, 7) is 5.52. The molecule has 0 aromatic rings. The van der Waals surface area contributed by atoms with Crippen LogP contribution in [-0.2, 0) is 4.74 Å². The highest BCUT2D eigenvalue weighted by atomic mass is 16.5. The van der Waals surface area contributed by atoms with Crippen molar-refractivity contribution >= 4 is 0 Å². The van der Waals surface area contributed by atoms with E-state index in [0.29, 0.717) is 12.2 Å². The minimum atomic E-state index is 0.402. The molecule has 3 atom stereocenters. The SMILES string of the molecule is CC(C)OC1CC2CC1CN2C. The molecule has 0 amide bonds. The van der Waals surface area contributed by atoms with E-state index in [1.807, 2.05) is 0 Å². The van der Waals surface area contributed by atoms with Gasteiger partial charge in [-0.05, 0) is 39.7 Å². The monoisotopic (exact) mass is 169 g/mol. The van der Waals surface area contributed by atoms with Crippen molar-refractivity contribution in [3.63, 3.8) is 0 Å². The molecule has 0 radical (unpaired) electrons. The molecule has 0 N–H and O–H groups in total. The fraction of sp³-hybridized carbons (Fsp3) is 1.00. The summed E-state index contributed by atoms with van der Waals surface area (Å²) in [7, 11) is 2.23. The van der Waals surface area contributed by atoms with Gasteiger partial charge in [0.2, 0.25) is 0 Å². The molecule has 2 heteroatoms. The second-order valence-corrected chi connectivity index (χ2v) is 4.55. The van der Waals surface area contributed by atoms with Crippen molar-refractivity contribution in [2.45, 2.75) is 44.9 Å². The molecule has 1 heterocycles. The van der Waals surface area contributed by atoms with Crippen LogP contribution in [0.2, 0.25) is 0 Å². The molecule has 2 rings (SSSR count). The van der Waals surface area contributed by atoms with Gasteiger partial charge < -0.3 is 9.64 Å². The van der Waals surface area contributed by atoms with Gasteiger partial charge in [-0.1, -0.05) is 0 Å². The summed E-state index contributed by atoms with van der Waals surface area (Å²) in [5, 5.41) is 0. The Kier molecular flexibility index (Phi) is 2.13. The van der Waals surface area contributed by atoms with Crippen molar-refractivity contribution in [3.05, 3.63) is 0 Å². The Balaban J connectivity index is 1.90. The number of hydrogen-bond donors (Lipinski definition) is 0. The summed E-state index contributed by atoms with van der Waals surface area (Å²) in [6.07, 6.45) is 3.60. The standard InChI is InChI=1S/C10H19NO/c1-7(2)12-10-5-9-4-8(10)6-11(9)3/h7-10H,4-6H2,1-3H3. The van der Waals surface area contributed by atoms with E-state index < -0.39 is 0 Å². The second-order valence-electron chi connectivity index (χ2n) is 4.55. The van der Waals surface area contributed by atoms with E-state index in [2.05, 4.69) is 25.8 Å². The van der Waals surface area contributed by atoms with Crippen molar-refractivity contribution < 1.29 is 4.74 Å². The number of rotatable bonds is 2. The van der Waals surface area contributed by atoms with Crippen molar-refractivity contribution in [1.29, 1.82) is 0 Å². The third kappa shape index (κ3) is 1.38. The molecule has 2 nitrogen and oxygen atoms in total. The maximum atomic E-state index is 5.87. The lowest BCUT2D eigenvalue weighted by atomic mass is 10.1. The summed E-state index contributed by atoms with van der Waals surface area (Å²) in [6, 6.07) is 0.818. The molecule has 1 aliphatic heterocycles. The third-order valence-corrected chi connectivity index (χ3v) is 3.20. The lowest BCUT2D eigenvalue weighted by molar-refractivity contribution is -0.0311. The van der Waals surface area contributed by atoms with Crippen LogP contribution < -0.4 is 0 Å². The lowest BCUT2D eigenvalue weighted by Crippen LogP contribution is -2.36. The summed E-state index contributed by atoms with van der Waals surface area (Å²) in [5.41, 5.74) is 0. The molecule has 2 aliphatic rings. The number of fused-ring (bicyclic) bond motifs is 2. The number of ether oxygens (including phenoxy) is 1. The van der Waals surface area contributed by atoms with E-state index >= 15 is 0 Å². The Bertz CT molecular complexity index is 167. The normalized spacial score (nSPS) is 41.5. The van der Waals surface area contributed by atoms with Gasteiger partial charge in [-0.3, -0.25) is 0 Å². The first-order valence-electron chi connectivity index (χ1n) is 5.02. The zero-order valence-corrected chi connectivity index (χ0v) is 8.29. The summed E-state index contributed by atoms with van der Waals surface area (Å²) in [5.74, 6) is 0.822. The maximum absolute atomic E-state index is 5.87. The molecular weight excluding hydrogens is 150 g/mol. The minimum Gasteiger partial charge on any atom is -0.375 e. The molecule has 0 aromatic heterocycles. The summed E-state index contributed by atoms with van der Waals surface area (Å²) in [4.78, 5) is 2.48. The van der Waals surface area contributed by atoms with Gasteiger partial charge in [0, 0.05) is 12.6 Å². The minimum absolute atomic E-state index is 0.402. The number of likely N-dealkylation sites (tertiary alicyclic amines) is 1. The first-order chi connectivity index (χ1) is 5.66. The fourth-order valence-corrected chi connectivity index (χ4v) is 2.65. The summed E-state index contributed by atoms with van der Waals surface area (Å²) >= 11 is 0. The first kappa shape index (κ1) is 8.52. The van der Waals surface area contributed by atoms with Crippen LogP contribution in [0.15, 0.2) is 0 Å². The van der Waals surface area contributed by atoms with Crippen molar-refractivity contribution in [2.75, 3.05) is 13.6 Å². The van der Waals surface area contributed by atoms with Gasteiger partial charge >= 0.3 is 0 Å². The second kappa shape index (κ2) is 3.00. The number of nitrogens with zero attached hydrogens (tertiary/aromatic N) is 1. The van der Waals surface area contributed by atoms with E-state index in [1.54, 1.807) is 0 Å². The van der Waals surface area contributed by atoms with Crippen LogP contribution >= 0.6 is 0 Å². The fourth-order valence-electron chi connectivity index (χ4n) is 2.65. The molecule has 3 unspecified atom stereocenters. The lowest BCUT2D eigenvalue weighted by Gasteiger charge is -2.29. The maximum Gasteiger partial charge on any atom is 0.0634 e. The van der Waals surface area contributed by atoms with Crippen LogP contribution in [0.1, 0.15) is 26.7 Å². The molecule has 1 saturated heterocycles. The van der Waals surface area contributed by atoms with Gasteiger partial charge in [0.05, 0.1) is 12.2 Å². The number of hydrogen-bond acceptors (Lipinski definition) is 2. The van der Waals surface area contributed by atoms with Gasteiger partial charge in [0.1, 0.15) is 0 Å². The van der Waals surface area contributed by atoms with Crippen LogP contribution in [-0.4, -0.2) is 36.7 Å². The zero-order valence-electron chi connectivity index (χ0n) is 8.29. The highest BCUT2D eigenvalue weighted by molar-refractivity contribution is 4.97. The molecule has 2 bridgehead atoms. The van der Waals surface area contributed by atoms with Gasteiger partial charge in [-0.2, -0.15) is 0 Å². The molecule has 1 saturated carbocycles. The van der Waals surface area contributed by atoms with Crippen molar-refractivity contribution in [3.8, 4) is 0 Å². The predicted molar refractivity (Wildman–Crippen MR) is 49.2 cm³/mol. The Morgan fingerprint density at radius 2 is 2.08 bits per heavy atom. The Morgan fingerprint density at radius 3 is 2.50 bits per heavy atom. The molecule has 0 aromatic carbocycles. The molecular formula is C10H19NO. The highest BCUT2D eigenvalue weighted by Gasteiger charge is 2.43. The molecule has 1 aliphatic carbocycles. The first-order valence-corrected chi connectivity index (χ1v) is 5.02. The van der Waals surface area contributed by atoms with Gasteiger partial charge in [-0.15, -0.1) is 0 Å². The molecule has 70 valence electrons. The predicted octanol–water partition coefficient (Wildman–Crippen LogP) is 1.50. The largest absolute Gasteiger partial charge is 0.375 e. The van der Waals surface area contributed by atoms with E-state index in [9.17, 15) is 0 Å². The van der Waals surface area contributed by atoms with Crippen LogP contribution in [0.5, 0.6) is 0 Å². The van der Waals surface area contributed by atoms with Gasteiger partial charge in [-0.25, -0.2) is 0 Å². The zero-order chi connectivity index (χ0) is 8.72.